The average Bonchev–Trinajstić information content (AvgIpc) is 2.46. The smallest absolute Gasteiger partial charge is 0.314 e. The van der Waals surface area contributed by atoms with Crippen LogP contribution in [0.25, 0.3) is 0 Å². The number of pyridine rings is 1. The number of nitrogens with one attached hydrogen (secondary N) is 2. The summed E-state index contributed by atoms with van der Waals surface area (Å²) in [7, 11) is 0. The van der Waals surface area contributed by atoms with Crippen LogP contribution >= 0.6 is 0 Å². The van der Waals surface area contributed by atoms with E-state index in [0.29, 0.717) is 25.4 Å². The molecule has 116 valence electrons. The van der Waals surface area contributed by atoms with Crippen LogP contribution in [0.4, 0.5) is 4.79 Å². The van der Waals surface area contributed by atoms with Crippen molar-refractivity contribution in [3.63, 3.8) is 0 Å². The Labute approximate surface area is 125 Å². The normalized spacial score (nSPS) is 11.7. The molecular weight excluding hydrogens is 270 g/mol. The highest BCUT2D eigenvalue weighted by Gasteiger charge is 2.06. The van der Waals surface area contributed by atoms with Gasteiger partial charge in [0.2, 0.25) is 0 Å². The standard InChI is InChI=1S/C15H23N3O3/c1-12(2-3-14(19)20)4-10-17-15(21)18-11-7-13-5-8-16-9-6-13/h5-6,8-9,12H,2-4,7,10-11H2,1H3,(H,19,20)(H2,17,18,21). The van der Waals surface area contributed by atoms with Crippen LogP contribution in [-0.2, 0) is 11.2 Å². The second kappa shape index (κ2) is 9.74. The Kier molecular flexibility index (Phi) is 7.86. The molecule has 1 atom stereocenters. The lowest BCUT2D eigenvalue weighted by atomic mass is 10.0. The molecule has 1 heterocycles. The minimum absolute atomic E-state index is 0.180. The van der Waals surface area contributed by atoms with E-state index in [2.05, 4.69) is 15.6 Å². The number of carboxylic acid groups (broad SMARTS) is 1. The van der Waals surface area contributed by atoms with Crippen molar-refractivity contribution in [3.8, 4) is 0 Å². The van der Waals surface area contributed by atoms with Crippen LogP contribution in [0.15, 0.2) is 24.5 Å². The summed E-state index contributed by atoms with van der Waals surface area (Å²) in [6, 6.07) is 3.66. The molecule has 3 N–H and O–H groups in total. The number of carboxylic acids is 1. The van der Waals surface area contributed by atoms with E-state index >= 15 is 0 Å². The van der Waals surface area contributed by atoms with Gasteiger partial charge in [-0.25, -0.2) is 4.79 Å². The number of aliphatic carboxylic acids is 1. The lowest BCUT2D eigenvalue weighted by Crippen LogP contribution is -2.37. The molecule has 0 aromatic carbocycles. The number of carbonyl (C=O) groups is 2. The summed E-state index contributed by atoms with van der Waals surface area (Å²) < 4.78 is 0. The van der Waals surface area contributed by atoms with Gasteiger partial charge in [-0.2, -0.15) is 0 Å². The third kappa shape index (κ3) is 8.62. The number of rotatable bonds is 9. The largest absolute Gasteiger partial charge is 0.481 e. The van der Waals surface area contributed by atoms with Crippen molar-refractivity contribution in [2.24, 2.45) is 5.92 Å². The molecule has 6 nitrogen and oxygen atoms in total. The van der Waals surface area contributed by atoms with Crippen molar-refractivity contribution in [1.29, 1.82) is 0 Å². The van der Waals surface area contributed by atoms with Crippen LogP contribution in [0.2, 0.25) is 0 Å². The Morgan fingerprint density at radius 1 is 1.19 bits per heavy atom. The second-order valence-corrected chi connectivity index (χ2v) is 5.11. The quantitative estimate of drug-likeness (QED) is 0.647. The van der Waals surface area contributed by atoms with Gasteiger partial charge in [0.05, 0.1) is 0 Å². The van der Waals surface area contributed by atoms with E-state index < -0.39 is 5.97 Å². The fourth-order valence-electron chi connectivity index (χ4n) is 1.88. The van der Waals surface area contributed by atoms with E-state index in [4.69, 9.17) is 5.11 Å². The molecule has 0 saturated carbocycles. The summed E-state index contributed by atoms with van der Waals surface area (Å²) >= 11 is 0. The van der Waals surface area contributed by atoms with E-state index in [0.717, 1.165) is 18.4 Å². The minimum atomic E-state index is -0.774. The van der Waals surface area contributed by atoms with E-state index in [1.54, 1.807) is 12.4 Å². The molecule has 1 unspecified atom stereocenters. The molecular formula is C15H23N3O3. The van der Waals surface area contributed by atoms with Gasteiger partial charge in [0.15, 0.2) is 0 Å². The zero-order valence-corrected chi connectivity index (χ0v) is 12.3. The van der Waals surface area contributed by atoms with Crippen molar-refractivity contribution < 1.29 is 14.7 Å². The van der Waals surface area contributed by atoms with Crippen molar-refractivity contribution >= 4 is 12.0 Å². The van der Waals surface area contributed by atoms with Crippen LogP contribution in [-0.4, -0.2) is 35.2 Å². The number of nitrogens with zero attached hydrogens (tertiary/aromatic N) is 1. The molecule has 0 aliphatic carbocycles. The van der Waals surface area contributed by atoms with Crippen LogP contribution in [0, 0.1) is 5.92 Å². The molecule has 0 aliphatic rings. The second-order valence-electron chi connectivity index (χ2n) is 5.11. The topological polar surface area (TPSA) is 91.3 Å². The van der Waals surface area contributed by atoms with Gasteiger partial charge in [0, 0.05) is 31.9 Å². The molecule has 1 rings (SSSR count). The molecule has 1 aromatic heterocycles. The molecule has 1 aromatic rings. The molecule has 2 amide bonds. The number of amides is 2. The predicted octanol–water partition coefficient (Wildman–Crippen LogP) is 1.81. The van der Waals surface area contributed by atoms with Crippen molar-refractivity contribution in [2.75, 3.05) is 13.1 Å². The van der Waals surface area contributed by atoms with Gasteiger partial charge in [-0.15, -0.1) is 0 Å². The first-order chi connectivity index (χ1) is 10.1. The van der Waals surface area contributed by atoms with Gasteiger partial charge >= 0.3 is 12.0 Å². The Morgan fingerprint density at radius 3 is 2.52 bits per heavy atom. The number of hydrogen-bond acceptors (Lipinski definition) is 3. The Morgan fingerprint density at radius 2 is 1.86 bits per heavy atom. The summed E-state index contributed by atoms with van der Waals surface area (Å²) in [6.07, 6.45) is 5.83. The third-order valence-electron chi connectivity index (χ3n) is 3.22. The first-order valence-electron chi connectivity index (χ1n) is 7.20. The highest BCUT2D eigenvalue weighted by molar-refractivity contribution is 5.73. The summed E-state index contributed by atoms with van der Waals surface area (Å²) in [6.45, 7) is 3.12. The lowest BCUT2D eigenvalue weighted by molar-refractivity contribution is -0.137. The van der Waals surface area contributed by atoms with Gasteiger partial charge in [-0.05, 0) is 42.9 Å². The summed E-state index contributed by atoms with van der Waals surface area (Å²) in [5, 5.41) is 14.2. The number of hydrogen-bond donors (Lipinski definition) is 3. The molecule has 6 heteroatoms. The fraction of sp³-hybridized carbons (Fsp3) is 0.533. The van der Waals surface area contributed by atoms with Gasteiger partial charge in [-0.3, -0.25) is 9.78 Å². The van der Waals surface area contributed by atoms with E-state index in [1.807, 2.05) is 19.1 Å². The molecule has 0 fully saturated rings. The first kappa shape index (κ1) is 16.9. The number of aromatic nitrogens is 1. The zero-order chi connectivity index (χ0) is 15.5. The monoisotopic (exact) mass is 293 g/mol. The van der Waals surface area contributed by atoms with Crippen LogP contribution in [0.3, 0.4) is 0 Å². The third-order valence-corrected chi connectivity index (χ3v) is 3.22. The number of urea groups is 1. The summed E-state index contributed by atoms with van der Waals surface area (Å²) in [5.74, 6) is -0.484. The minimum Gasteiger partial charge on any atom is -0.481 e. The summed E-state index contributed by atoms with van der Waals surface area (Å²) in [5.41, 5.74) is 1.13. The van der Waals surface area contributed by atoms with Crippen molar-refractivity contribution in [3.05, 3.63) is 30.1 Å². The highest BCUT2D eigenvalue weighted by atomic mass is 16.4. The molecule has 0 aliphatic heterocycles. The Hall–Kier alpha value is -2.11. The zero-order valence-electron chi connectivity index (χ0n) is 12.3. The Bertz CT molecular complexity index is 437. The van der Waals surface area contributed by atoms with E-state index in [1.165, 1.54) is 0 Å². The van der Waals surface area contributed by atoms with E-state index in [9.17, 15) is 9.59 Å². The number of carbonyl (C=O) groups excluding carboxylic acids is 1. The SMILES string of the molecule is CC(CCNC(=O)NCCc1ccncc1)CCC(=O)O. The van der Waals surface area contributed by atoms with Crippen molar-refractivity contribution in [2.45, 2.75) is 32.6 Å². The molecule has 0 saturated heterocycles. The van der Waals surface area contributed by atoms with E-state index in [-0.39, 0.29) is 12.5 Å². The maximum absolute atomic E-state index is 11.6. The van der Waals surface area contributed by atoms with Gasteiger partial charge in [-0.1, -0.05) is 6.92 Å². The van der Waals surface area contributed by atoms with Gasteiger partial charge in [0.25, 0.3) is 0 Å². The maximum atomic E-state index is 11.6. The summed E-state index contributed by atoms with van der Waals surface area (Å²) in [4.78, 5) is 25.9. The lowest BCUT2D eigenvalue weighted by Gasteiger charge is -2.11. The Balaban J connectivity index is 2.05. The molecule has 0 radical (unpaired) electrons. The van der Waals surface area contributed by atoms with Crippen LogP contribution < -0.4 is 10.6 Å². The van der Waals surface area contributed by atoms with Crippen LogP contribution in [0.5, 0.6) is 0 Å². The fourth-order valence-corrected chi connectivity index (χ4v) is 1.88. The molecule has 21 heavy (non-hydrogen) atoms. The molecule has 0 bridgehead atoms. The van der Waals surface area contributed by atoms with Gasteiger partial charge < -0.3 is 15.7 Å². The highest BCUT2D eigenvalue weighted by Crippen LogP contribution is 2.08. The van der Waals surface area contributed by atoms with Gasteiger partial charge in [0.1, 0.15) is 0 Å². The van der Waals surface area contributed by atoms with Crippen molar-refractivity contribution in [1.82, 2.24) is 15.6 Å². The predicted molar refractivity (Wildman–Crippen MR) is 80.0 cm³/mol. The first-order valence-corrected chi connectivity index (χ1v) is 7.20. The maximum Gasteiger partial charge on any atom is 0.314 e. The molecule has 0 spiro atoms. The average molecular weight is 293 g/mol. The van der Waals surface area contributed by atoms with Crippen LogP contribution in [0.1, 0.15) is 31.7 Å².